The molecule has 4 bridgehead atoms. The number of ketones is 1. The zero-order valence-electron chi connectivity index (χ0n) is 17.2. The molecule has 1 atom stereocenters. The van der Waals surface area contributed by atoms with E-state index >= 15 is 0 Å². The van der Waals surface area contributed by atoms with Crippen LogP contribution < -0.4 is 5.32 Å². The quantitative estimate of drug-likeness (QED) is 0.784. The zero-order chi connectivity index (χ0) is 20.2. The minimum Gasteiger partial charge on any atom is -0.330 e. The van der Waals surface area contributed by atoms with E-state index in [1.54, 1.807) is 18.2 Å². The number of para-hydroxylation sites is 1. The van der Waals surface area contributed by atoms with Crippen molar-refractivity contribution >= 4 is 23.3 Å². The lowest BCUT2D eigenvalue weighted by molar-refractivity contribution is -0.160. The van der Waals surface area contributed by atoms with E-state index in [0.29, 0.717) is 42.0 Å². The highest BCUT2D eigenvalue weighted by Gasteiger charge is 2.56. The molecule has 0 radical (unpaired) electrons. The first-order valence-electron chi connectivity index (χ1n) is 11.2. The topological polar surface area (TPSA) is 66.5 Å². The summed E-state index contributed by atoms with van der Waals surface area (Å²) in [4.78, 5) is 40.6. The van der Waals surface area contributed by atoms with Crippen LogP contribution in [-0.2, 0) is 9.59 Å². The second-order valence-corrected chi connectivity index (χ2v) is 9.95. The van der Waals surface area contributed by atoms with Gasteiger partial charge in [0.2, 0.25) is 11.8 Å². The fraction of sp³-hybridized carbons (Fsp3) is 0.625. The monoisotopic (exact) mass is 394 g/mol. The first-order valence-corrected chi connectivity index (χ1v) is 11.2. The van der Waals surface area contributed by atoms with Crippen molar-refractivity contribution in [1.82, 2.24) is 4.90 Å². The normalized spacial score (nSPS) is 35.0. The Morgan fingerprint density at radius 1 is 1.00 bits per heavy atom. The Morgan fingerprint density at radius 3 is 2.24 bits per heavy atom. The SMILES string of the molecule is CC(=O)c1ccccc1NC(=O)C1CCCN1C(=O)C12CC3CC(CC(C3)C1)C2. The molecule has 1 saturated heterocycles. The summed E-state index contributed by atoms with van der Waals surface area (Å²) in [5.74, 6) is 2.13. The van der Waals surface area contributed by atoms with Crippen LogP contribution in [-0.4, -0.2) is 35.1 Å². The number of amides is 2. The largest absolute Gasteiger partial charge is 0.330 e. The van der Waals surface area contributed by atoms with Gasteiger partial charge in [-0.3, -0.25) is 14.4 Å². The van der Waals surface area contributed by atoms with E-state index in [-0.39, 0.29) is 23.0 Å². The molecule has 6 rings (SSSR count). The number of benzene rings is 1. The summed E-state index contributed by atoms with van der Waals surface area (Å²) in [6, 6.07) is 6.68. The maximum atomic E-state index is 13.7. The van der Waals surface area contributed by atoms with Crippen molar-refractivity contribution in [2.75, 3.05) is 11.9 Å². The molecule has 5 nitrogen and oxygen atoms in total. The molecule has 0 spiro atoms. The van der Waals surface area contributed by atoms with Gasteiger partial charge in [-0.25, -0.2) is 0 Å². The van der Waals surface area contributed by atoms with Crippen LogP contribution in [0.4, 0.5) is 5.69 Å². The third-order valence-corrected chi connectivity index (χ3v) is 7.87. The highest BCUT2D eigenvalue weighted by atomic mass is 16.2. The second kappa shape index (κ2) is 6.96. The van der Waals surface area contributed by atoms with E-state index < -0.39 is 6.04 Å². The van der Waals surface area contributed by atoms with Crippen LogP contribution in [0.25, 0.3) is 0 Å². The van der Waals surface area contributed by atoms with Gasteiger partial charge in [-0.05, 0) is 88.2 Å². The van der Waals surface area contributed by atoms with Crippen molar-refractivity contribution in [3.05, 3.63) is 29.8 Å². The van der Waals surface area contributed by atoms with Crippen molar-refractivity contribution in [1.29, 1.82) is 0 Å². The van der Waals surface area contributed by atoms with Crippen molar-refractivity contribution in [2.24, 2.45) is 23.2 Å². The number of anilines is 1. The first-order chi connectivity index (χ1) is 13.9. The van der Waals surface area contributed by atoms with Crippen molar-refractivity contribution in [3.63, 3.8) is 0 Å². The standard InChI is InChI=1S/C24H30N2O3/c1-15(27)19-5-2-3-6-20(19)25-22(28)21-7-4-8-26(21)23(29)24-12-16-9-17(13-24)11-18(10-16)14-24/h2-3,5-6,16-18,21H,4,7-14H2,1H3,(H,25,28). The molecule has 1 unspecified atom stereocenters. The molecule has 0 aromatic heterocycles. The Kier molecular flexibility index (Phi) is 4.52. The van der Waals surface area contributed by atoms with Gasteiger partial charge in [-0.1, -0.05) is 12.1 Å². The Labute approximate surface area is 172 Å². The van der Waals surface area contributed by atoms with Crippen LogP contribution >= 0.6 is 0 Å². The first kappa shape index (κ1) is 18.8. The van der Waals surface area contributed by atoms with Gasteiger partial charge in [0, 0.05) is 12.1 Å². The maximum Gasteiger partial charge on any atom is 0.247 e. The van der Waals surface area contributed by atoms with E-state index in [0.717, 1.165) is 25.7 Å². The number of nitrogens with zero attached hydrogens (tertiary/aromatic N) is 1. The van der Waals surface area contributed by atoms with Crippen LogP contribution in [0.5, 0.6) is 0 Å². The number of carbonyl (C=O) groups excluding carboxylic acids is 3. The number of hydrogen-bond acceptors (Lipinski definition) is 3. The molecule has 29 heavy (non-hydrogen) atoms. The zero-order valence-corrected chi connectivity index (χ0v) is 17.2. The lowest BCUT2D eigenvalue weighted by Crippen LogP contribution is -2.56. The predicted octanol–water partition coefficient (Wildman–Crippen LogP) is 4.04. The van der Waals surface area contributed by atoms with E-state index in [2.05, 4.69) is 5.32 Å². The van der Waals surface area contributed by atoms with E-state index in [1.165, 1.54) is 26.2 Å². The summed E-state index contributed by atoms with van der Waals surface area (Å²) in [7, 11) is 0. The minimum atomic E-state index is -0.421. The Balaban J connectivity index is 1.35. The van der Waals surface area contributed by atoms with Gasteiger partial charge in [0.05, 0.1) is 11.1 Å². The average molecular weight is 395 g/mol. The van der Waals surface area contributed by atoms with Gasteiger partial charge in [-0.15, -0.1) is 0 Å². The van der Waals surface area contributed by atoms with Crippen molar-refractivity contribution in [3.8, 4) is 0 Å². The predicted molar refractivity (Wildman–Crippen MR) is 110 cm³/mol. The van der Waals surface area contributed by atoms with E-state index in [4.69, 9.17) is 0 Å². The molecule has 5 heteroatoms. The number of carbonyl (C=O) groups is 3. The third-order valence-electron chi connectivity index (χ3n) is 7.87. The van der Waals surface area contributed by atoms with Gasteiger partial charge < -0.3 is 10.2 Å². The van der Waals surface area contributed by atoms with Crippen LogP contribution in [0, 0.1) is 23.2 Å². The fourth-order valence-electron chi connectivity index (χ4n) is 7.07. The smallest absolute Gasteiger partial charge is 0.247 e. The lowest BCUT2D eigenvalue weighted by Gasteiger charge is -2.56. The van der Waals surface area contributed by atoms with E-state index in [9.17, 15) is 14.4 Å². The molecule has 154 valence electrons. The highest BCUT2D eigenvalue weighted by Crippen LogP contribution is 2.60. The van der Waals surface area contributed by atoms with Gasteiger partial charge in [0.15, 0.2) is 5.78 Å². The summed E-state index contributed by atoms with van der Waals surface area (Å²) in [6.07, 6.45) is 8.55. The fourth-order valence-corrected chi connectivity index (χ4v) is 7.07. The number of likely N-dealkylation sites (tertiary alicyclic amines) is 1. The molecule has 4 aliphatic carbocycles. The van der Waals surface area contributed by atoms with Gasteiger partial charge in [0.25, 0.3) is 0 Å². The molecule has 2 amide bonds. The lowest BCUT2D eigenvalue weighted by atomic mass is 9.49. The Bertz CT molecular complexity index is 826. The number of nitrogens with one attached hydrogen (secondary N) is 1. The van der Waals surface area contributed by atoms with Crippen LogP contribution in [0.15, 0.2) is 24.3 Å². The van der Waals surface area contributed by atoms with Crippen molar-refractivity contribution in [2.45, 2.75) is 64.3 Å². The molecule has 1 N–H and O–H groups in total. The van der Waals surface area contributed by atoms with Gasteiger partial charge in [0.1, 0.15) is 6.04 Å². The summed E-state index contributed by atoms with van der Waals surface area (Å²) in [5, 5.41) is 2.94. The molecule has 4 saturated carbocycles. The Hall–Kier alpha value is -2.17. The molecule has 1 aliphatic heterocycles. The number of rotatable bonds is 4. The molecule has 1 aromatic carbocycles. The van der Waals surface area contributed by atoms with Crippen LogP contribution in [0.1, 0.15) is 68.6 Å². The third kappa shape index (κ3) is 3.19. The average Bonchev–Trinajstić information content (AvgIpc) is 3.16. The van der Waals surface area contributed by atoms with Crippen molar-refractivity contribution < 1.29 is 14.4 Å². The number of hydrogen-bond donors (Lipinski definition) is 1. The molecular weight excluding hydrogens is 364 g/mol. The molecule has 1 aromatic rings. The highest BCUT2D eigenvalue weighted by molar-refractivity contribution is 6.05. The minimum absolute atomic E-state index is 0.0752. The van der Waals surface area contributed by atoms with Crippen LogP contribution in [0.2, 0.25) is 0 Å². The summed E-state index contributed by atoms with van der Waals surface area (Å²) < 4.78 is 0. The van der Waals surface area contributed by atoms with Crippen LogP contribution in [0.3, 0.4) is 0 Å². The molecule has 5 fully saturated rings. The van der Waals surface area contributed by atoms with Gasteiger partial charge in [-0.2, -0.15) is 0 Å². The summed E-state index contributed by atoms with van der Waals surface area (Å²) >= 11 is 0. The summed E-state index contributed by atoms with van der Waals surface area (Å²) in [6.45, 7) is 2.18. The second-order valence-electron chi connectivity index (χ2n) is 9.95. The van der Waals surface area contributed by atoms with Gasteiger partial charge >= 0.3 is 0 Å². The van der Waals surface area contributed by atoms with E-state index in [1.807, 2.05) is 11.0 Å². The number of Topliss-reactive ketones (excluding diaryl/α,β-unsaturated/α-hetero) is 1. The maximum absolute atomic E-state index is 13.7. The Morgan fingerprint density at radius 2 is 1.62 bits per heavy atom. The molecular formula is C24H30N2O3. The molecule has 5 aliphatic rings. The summed E-state index contributed by atoms with van der Waals surface area (Å²) in [5.41, 5.74) is 0.839. The molecule has 1 heterocycles.